The first-order valence-corrected chi connectivity index (χ1v) is 3.68. The van der Waals surface area contributed by atoms with E-state index in [2.05, 4.69) is 0 Å². The van der Waals surface area contributed by atoms with Crippen molar-refractivity contribution < 1.29 is 18.7 Å². The molecular formula is C8H8O4. The van der Waals surface area contributed by atoms with Gasteiger partial charge in [0.15, 0.2) is 17.8 Å². The lowest BCUT2D eigenvalue weighted by molar-refractivity contribution is -0.0590. The van der Waals surface area contributed by atoms with Gasteiger partial charge in [0.1, 0.15) is 0 Å². The second-order valence-corrected chi connectivity index (χ2v) is 2.43. The summed E-state index contributed by atoms with van der Waals surface area (Å²) >= 11 is 0. The second-order valence-electron chi connectivity index (χ2n) is 2.43. The molecule has 1 saturated heterocycles. The molecule has 0 radical (unpaired) electrons. The number of carbonyl (C=O) groups excluding carboxylic acids is 1. The molecule has 0 bridgehead atoms. The summed E-state index contributed by atoms with van der Waals surface area (Å²) in [6, 6.07) is 3.27. The third kappa shape index (κ3) is 1.26. The van der Waals surface area contributed by atoms with Gasteiger partial charge in [-0.05, 0) is 12.1 Å². The molecule has 0 aliphatic carbocycles. The molecule has 4 nitrogen and oxygen atoms in total. The molecule has 0 aromatic carbocycles. The Bertz CT molecular complexity index is 272. The standard InChI is InChI=1S/C8H8O4/c9-5-6-1-2-7(12-6)8-10-3-4-11-8/h1-2,5,8H,3-4H2. The summed E-state index contributed by atoms with van der Waals surface area (Å²) in [5.41, 5.74) is 0. The molecule has 0 saturated carbocycles. The van der Waals surface area contributed by atoms with Crippen molar-refractivity contribution in [2.75, 3.05) is 13.2 Å². The Kier molecular flexibility index (Phi) is 1.93. The molecule has 0 unspecified atom stereocenters. The maximum Gasteiger partial charge on any atom is 0.217 e. The summed E-state index contributed by atoms with van der Waals surface area (Å²) in [5.74, 6) is 0.846. The molecule has 2 rings (SSSR count). The van der Waals surface area contributed by atoms with E-state index in [4.69, 9.17) is 13.9 Å². The van der Waals surface area contributed by atoms with E-state index in [1.54, 1.807) is 12.1 Å². The van der Waals surface area contributed by atoms with Crippen molar-refractivity contribution in [1.82, 2.24) is 0 Å². The van der Waals surface area contributed by atoms with Crippen molar-refractivity contribution in [3.8, 4) is 0 Å². The molecular weight excluding hydrogens is 160 g/mol. The zero-order valence-corrected chi connectivity index (χ0v) is 6.36. The average molecular weight is 168 g/mol. The van der Waals surface area contributed by atoms with E-state index >= 15 is 0 Å². The SMILES string of the molecule is O=Cc1ccc(C2OCCO2)o1. The van der Waals surface area contributed by atoms with E-state index in [1.165, 1.54) is 0 Å². The molecule has 1 aliphatic rings. The Morgan fingerprint density at radius 2 is 2.08 bits per heavy atom. The van der Waals surface area contributed by atoms with Crippen molar-refractivity contribution in [3.63, 3.8) is 0 Å². The molecule has 1 aliphatic heterocycles. The van der Waals surface area contributed by atoms with Gasteiger partial charge in [0.2, 0.25) is 6.29 Å². The molecule has 1 fully saturated rings. The topological polar surface area (TPSA) is 48.7 Å². The van der Waals surface area contributed by atoms with E-state index in [-0.39, 0.29) is 0 Å². The molecule has 0 spiro atoms. The van der Waals surface area contributed by atoms with E-state index in [1.807, 2.05) is 0 Å². The highest BCUT2D eigenvalue weighted by Gasteiger charge is 2.21. The molecule has 1 aromatic heterocycles. The Balaban J connectivity index is 2.16. The van der Waals surface area contributed by atoms with Gasteiger partial charge in [0.05, 0.1) is 13.2 Å². The summed E-state index contributed by atoms with van der Waals surface area (Å²) in [6.45, 7) is 1.14. The molecule has 2 heterocycles. The van der Waals surface area contributed by atoms with Gasteiger partial charge < -0.3 is 13.9 Å². The van der Waals surface area contributed by atoms with Gasteiger partial charge in [0, 0.05) is 0 Å². The van der Waals surface area contributed by atoms with Crippen molar-refractivity contribution in [2.45, 2.75) is 6.29 Å². The number of furan rings is 1. The normalized spacial score (nSPS) is 18.3. The van der Waals surface area contributed by atoms with E-state index in [0.29, 0.717) is 31.0 Å². The zero-order chi connectivity index (χ0) is 8.39. The number of carbonyl (C=O) groups is 1. The lowest BCUT2D eigenvalue weighted by Crippen LogP contribution is -1.94. The maximum absolute atomic E-state index is 10.3. The first-order chi connectivity index (χ1) is 5.90. The minimum absolute atomic E-state index is 0.295. The molecule has 0 N–H and O–H groups in total. The fraction of sp³-hybridized carbons (Fsp3) is 0.375. The van der Waals surface area contributed by atoms with E-state index in [9.17, 15) is 4.79 Å². The third-order valence-electron chi connectivity index (χ3n) is 1.62. The monoisotopic (exact) mass is 168 g/mol. The van der Waals surface area contributed by atoms with Crippen molar-refractivity contribution in [2.24, 2.45) is 0 Å². The molecule has 0 atom stereocenters. The summed E-state index contributed by atoms with van der Waals surface area (Å²) in [4.78, 5) is 10.3. The van der Waals surface area contributed by atoms with Crippen LogP contribution in [0.2, 0.25) is 0 Å². The smallest absolute Gasteiger partial charge is 0.217 e. The predicted octanol–water partition coefficient (Wildman–Crippen LogP) is 1.14. The summed E-state index contributed by atoms with van der Waals surface area (Å²) < 4.78 is 15.4. The molecule has 12 heavy (non-hydrogen) atoms. The van der Waals surface area contributed by atoms with Crippen LogP contribution in [0.15, 0.2) is 16.5 Å². The summed E-state index contributed by atoms with van der Waals surface area (Å²) in [6.07, 6.45) is 0.219. The van der Waals surface area contributed by atoms with Crippen LogP contribution in [0.4, 0.5) is 0 Å². The Morgan fingerprint density at radius 1 is 1.33 bits per heavy atom. The Morgan fingerprint density at radius 3 is 2.67 bits per heavy atom. The molecule has 1 aromatic rings. The minimum Gasteiger partial charge on any atom is -0.453 e. The summed E-state index contributed by atoms with van der Waals surface area (Å²) in [7, 11) is 0. The van der Waals surface area contributed by atoms with Gasteiger partial charge in [-0.3, -0.25) is 4.79 Å². The molecule has 4 heteroatoms. The van der Waals surface area contributed by atoms with E-state index < -0.39 is 6.29 Å². The first-order valence-electron chi connectivity index (χ1n) is 3.68. The first kappa shape index (κ1) is 7.52. The van der Waals surface area contributed by atoms with Gasteiger partial charge in [-0.1, -0.05) is 0 Å². The molecule has 64 valence electrons. The number of hydrogen-bond acceptors (Lipinski definition) is 4. The quantitative estimate of drug-likeness (QED) is 0.621. The summed E-state index contributed by atoms with van der Waals surface area (Å²) in [5, 5.41) is 0. The van der Waals surface area contributed by atoms with E-state index in [0.717, 1.165) is 0 Å². The van der Waals surface area contributed by atoms with Gasteiger partial charge in [0.25, 0.3) is 0 Å². The fourth-order valence-corrected chi connectivity index (χ4v) is 1.08. The fourth-order valence-electron chi connectivity index (χ4n) is 1.08. The van der Waals surface area contributed by atoms with Gasteiger partial charge in [-0.2, -0.15) is 0 Å². The van der Waals surface area contributed by atoms with Gasteiger partial charge >= 0.3 is 0 Å². The maximum atomic E-state index is 10.3. The van der Waals surface area contributed by atoms with Gasteiger partial charge in [-0.15, -0.1) is 0 Å². The van der Waals surface area contributed by atoms with Crippen molar-refractivity contribution in [3.05, 3.63) is 23.7 Å². The van der Waals surface area contributed by atoms with Crippen molar-refractivity contribution in [1.29, 1.82) is 0 Å². The Hall–Kier alpha value is -1.13. The number of ether oxygens (including phenoxy) is 2. The highest BCUT2D eigenvalue weighted by Crippen LogP contribution is 2.24. The van der Waals surface area contributed by atoms with Crippen LogP contribution < -0.4 is 0 Å². The average Bonchev–Trinajstić information content (AvgIpc) is 2.75. The Labute approximate surface area is 69.1 Å². The van der Waals surface area contributed by atoms with Crippen LogP contribution in [0.1, 0.15) is 22.6 Å². The van der Waals surface area contributed by atoms with Gasteiger partial charge in [-0.25, -0.2) is 0 Å². The number of rotatable bonds is 2. The lowest BCUT2D eigenvalue weighted by atomic mass is 10.4. The molecule has 0 amide bonds. The lowest BCUT2D eigenvalue weighted by Gasteiger charge is -2.03. The van der Waals surface area contributed by atoms with Crippen LogP contribution in [-0.2, 0) is 9.47 Å². The minimum atomic E-state index is -0.432. The number of aldehydes is 1. The third-order valence-corrected chi connectivity index (χ3v) is 1.62. The van der Waals surface area contributed by atoms with Crippen LogP contribution in [0.25, 0.3) is 0 Å². The largest absolute Gasteiger partial charge is 0.453 e. The highest BCUT2D eigenvalue weighted by atomic mass is 16.7. The zero-order valence-electron chi connectivity index (χ0n) is 6.36. The van der Waals surface area contributed by atoms with Crippen LogP contribution in [-0.4, -0.2) is 19.5 Å². The predicted molar refractivity (Wildman–Crippen MR) is 38.7 cm³/mol. The highest BCUT2D eigenvalue weighted by molar-refractivity contribution is 5.70. The van der Waals surface area contributed by atoms with Crippen LogP contribution >= 0.6 is 0 Å². The van der Waals surface area contributed by atoms with Crippen LogP contribution in [0.5, 0.6) is 0 Å². The second kappa shape index (κ2) is 3.08. The number of hydrogen-bond donors (Lipinski definition) is 0. The van der Waals surface area contributed by atoms with Crippen molar-refractivity contribution >= 4 is 6.29 Å². The van der Waals surface area contributed by atoms with Crippen LogP contribution in [0.3, 0.4) is 0 Å². The van der Waals surface area contributed by atoms with Crippen LogP contribution in [0, 0.1) is 0 Å².